The van der Waals surface area contributed by atoms with Crippen molar-refractivity contribution in [1.29, 1.82) is 0 Å². The molecule has 0 spiro atoms. The molecule has 0 unspecified atom stereocenters. The normalized spacial score (nSPS) is 8.36. The van der Waals surface area contributed by atoms with Crippen molar-refractivity contribution in [3.63, 3.8) is 0 Å². The fraction of sp³-hybridized carbons (Fsp3) is 0. The first-order valence-electron chi connectivity index (χ1n) is 6.35. The molecule has 0 saturated heterocycles. The summed E-state index contributed by atoms with van der Waals surface area (Å²) in [5.74, 6) is 0. The molecule has 4 nitrogen and oxygen atoms in total. The highest BCUT2D eigenvalue weighted by Crippen LogP contribution is 2.17. The van der Waals surface area contributed by atoms with Crippen LogP contribution < -0.4 is 0 Å². The van der Waals surface area contributed by atoms with E-state index in [0.29, 0.717) is 11.4 Å². The molecule has 0 aliphatic rings. The van der Waals surface area contributed by atoms with Gasteiger partial charge < -0.3 is 0 Å². The van der Waals surface area contributed by atoms with Gasteiger partial charge in [-0.3, -0.25) is 0 Å². The van der Waals surface area contributed by atoms with Crippen LogP contribution in [0.5, 0.6) is 0 Å². The van der Waals surface area contributed by atoms with Crippen LogP contribution in [0.2, 0.25) is 0 Å². The van der Waals surface area contributed by atoms with E-state index < -0.39 is 0 Å². The predicted octanol–water partition coefficient (Wildman–Crippen LogP) is 4.59. The Morgan fingerprint density at radius 2 is 1.09 bits per heavy atom. The molecule has 0 radical (unpaired) electrons. The lowest BCUT2D eigenvalue weighted by Crippen LogP contribution is -1.76. The minimum atomic E-state index is 0.481. The maximum Gasteiger partial charge on any atom is 0.240 e. The summed E-state index contributed by atoms with van der Waals surface area (Å²) >= 11 is 0. The minimum Gasteiger partial charge on any atom is -0.211 e. The fourth-order valence-electron chi connectivity index (χ4n) is 1.59. The number of hydrogen-bond donors (Lipinski definition) is 0. The second kappa shape index (κ2) is 9.56. The molecule has 22 heavy (non-hydrogen) atoms. The van der Waals surface area contributed by atoms with Crippen molar-refractivity contribution < 1.29 is 9.59 Å². The molecular weight excluding hydrogens is 276 g/mol. The fourth-order valence-corrected chi connectivity index (χ4v) is 1.59. The van der Waals surface area contributed by atoms with Gasteiger partial charge in [-0.25, -0.2) is 9.59 Å². The summed E-state index contributed by atoms with van der Waals surface area (Å²) < 4.78 is 0. The Bertz CT molecular complexity index is 672. The van der Waals surface area contributed by atoms with E-state index >= 15 is 0 Å². The lowest BCUT2D eigenvalue weighted by Gasteiger charge is -1.96. The first-order valence-corrected chi connectivity index (χ1v) is 6.35. The minimum absolute atomic E-state index is 0.481. The molecule has 0 aliphatic heterocycles. The Kier molecular flexibility index (Phi) is 7.27. The Morgan fingerprint density at radius 3 is 1.36 bits per heavy atom. The Morgan fingerprint density at radius 1 is 0.727 bits per heavy atom. The Labute approximate surface area is 128 Å². The van der Waals surface area contributed by atoms with Gasteiger partial charge in [-0.15, -0.1) is 0 Å². The molecule has 0 atom stereocenters. The number of isocyanates is 2. The van der Waals surface area contributed by atoms with Gasteiger partial charge in [0, 0.05) is 0 Å². The van der Waals surface area contributed by atoms with E-state index in [-0.39, 0.29) is 0 Å². The molecule has 2 rings (SSSR count). The van der Waals surface area contributed by atoms with Crippen LogP contribution in [0.3, 0.4) is 0 Å². The molecular formula is C18H14N2O2. The zero-order valence-corrected chi connectivity index (χ0v) is 11.9. The van der Waals surface area contributed by atoms with Crippen LogP contribution in [-0.4, -0.2) is 12.2 Å². The van der Waals surface area contributed by atoms with Crippen molar-refractivity contribution in [2.75, 3.05) is 0 Å². The lowest BCUT2D eigenvalue weighted by molar-refractivity contribution is 0.564. The van der Waals surface area contributed by atoms with Gasteiger partial charge >= 0.3 is 0 Å². The van der Waals surface area contributed by atoms with Gasteiger partial charge in [0.05, 0.1) is 11.4 Å². The molecule has 0 aliphatic carbocycles. The second-order valence-electron chi connectivity index (χ2n) is 3.96. The predicted molar refractivity (Wildman–Crippen MR) is 88.6 cm³/mol. The van der Waals surface area contributed by atoms with Crippen molar-refractivity contribution in [3.8, 4) is 0 Å². The lowest BCUT2D eigenvalue weighted by atomic mass is 10.1. The highest BCUT2D eigenvalue weighted by molar-refractivity contribution is 5.63. The molecule has 4 heteroatoms. The van der Waals surface area contributed by atoms with Gasteiger partial charge in [0.15, 0.2) is 0 Å². The third-order valence-electron chi connectivity index (χ3n) is 2.64. The molecule has 0 saturated carbocycles. The zero-order chi connectivity index (χ0) is 16.2. The average Bonchev–Trinajstić information content (AvgIpc) is 2.57. The zero-order valence-electron chi connectivity index (χ0n) is 11.9. The van der Waals surface area contributed by atoms with Gasteiger partial charge in [0.25, 0.3) is 0 Å². The summed E-state index contributed by atoms with van der Waals surface area (Å²) in [6, 6.07) is 14.2. The van der Waals surface area contributed by atoms with Crippen LogP contribution >= 0.6 is 0 Å². The molecule has 2 aromatic carbocycles. The largest absolute Gasteiger partial charge is 0.240 e. The number of nitrogens with zero attached hydrogens (tertiary/aromatic N) is 2. The topological polar surface area (TPSA) is 58.9 Å². The van der Waals surface area contributed by atoms with Gasteiger partial charge in [0.2, 0.25) is 12.2 Å². The van der Waals surface area contributed by atoms with Crippen LogP contribution in [0.15, 0.2) is 71.7 Å². The van der Waals surface area contributed by atoms with Crippen molar-refractivity contribution >= 4 is 35.7 Å². The van der Waals surface area contributed by atoms with Crippen LogP contribution in [-0.2, 0) is 9.59 Å². The van der Waals surface area contributed by atoms with Crippen LogP contribution in [0.4, 0.5) is 11.4 Å². The molecule has 108 valence electrons. The molecule has 0 aromatic heterocycles. The number of aliphatic imine (C=N–C) groups is 2. The summed E-state index contributed by atoms with van der Waals surface area (Å²) in [6.45, 7) is 7.38. The number of carbonyl (C=O) groups excluding carboxylic acids is 2. The van der Waals surface area contributed by atoms with Crippen LogP contribution in [0.25, 0.3) is 12.2 Å². The third kappa shape index (κ3) is 5.35. The van der Waals surface area contributed by atoms with E-state index in [1.807, 2.05) is 36.4 Å². The average molecular weight is 290 g/mol. The number of hydrogen-bond acceptors (Lipinski definition) is 4. The maximum absolute atomic E-state index is 9.81. The molecule has 0 N–H and O–H groups in total. The summed E-state index contributed by atoms with van der Waals surface area (Å²) in [5, 5.41) is 0. The van der Waals surface area contributed by atoms with Gasteiger partial charge in [-0.05, 0) is 35.4 Å². The second-order valence-corrected chi connectivity index (χ2v) is 3.96. The molecule has 0 bridgehead atoms. The maximum atomic E-state index is 9.81. The first-order chi connectivity index (χ1) is 10.7. The number of rotatable bonds is 4. The summed E-state index contributed by atoms with van der Waals surface area (Å²) in [5.41, 5.74) is 3.24. The van der Waals surface area contributed by atoms with Gasteiger partial charge in [-0.1, -0.05) is 49.6 Å². The van der Waals surface area contributed by atoms with E-state index in [4.69, 9.17) is 0 Å². The number of benzene rings is 2. The van der Waals surface area contributed by atoms with Gasteiger partial charge in [-0.2, -0.15) is 9.98 Å². The highest BCUT2D eigenvalue weighted by atomic mass is 16.1. The molecule has 0 heterocycles. The highest BCUT2D eigenvalue weighted by Gasteiger charge is 1.90. The monoisotopic (exact) mass is 290 g/mol. The van der Waals surface area contributed by atoms with E-state index in [0.717, 1.165) is 11.1 Å². The van der Waals surface area contributed by atoms with Crippen LogP contribution in [0.1, 0.15) is 11.1 Å². The molecule has 0 fully saturated rings. The van der Waals surface area contributed by atoms with E-state index in [2.05, 4.69) is 23.1 Å². The third-order valence-corrected chi connectivity index (χ3v) is 2.64. The van der Waals surface area contributed by atoms with E-state index in [1.165, 1.54) is 12.2 Å². The standard InChI is InChI=1S/C10H10.C8H4N2O2/c1-3-9-7-5-6-8-10(9)4-2;11-5-9-7-1-2-8(4-3-7)10-6-12/h3-8H,1-2H2;1-4H. The SMILES string of the molecule is C=Cc1ccccc1C=C.O=C=Nc1ccc(N=C=O)cc1. The van der Waals surface area contributed by atoms with Crippen molar-refractivity contribution in [3.05, 3.63) is 72.8 Å². The van der Waals surface area contributed by atoms with Crippen molar-refractivity contribution in [1.82, 2.24) is 0 Å². The summed E-state index contributed by atoms with van der Waals surface area (Å²) in [4.78, 5) is 26.3. The molecule has 2 aromatic rings. The summed E-state index contributed by atoms with van der Waals surface area (Å²) in [7, 11) is 0. The van der Waals surface area contributed by atoms with Crippen molar-refractivity contribution in [2.24, 2.45) is 9.98 Å². The summed E-state index contributed by atoms with van der Waals surface area (Å²) in [6.07, 6.45) is 6.47. The smallest absolute Gasteiger partial charge is 0.211 e. The van der Waals surface area contributed by atoms with Crippen molar-refractivity contribution in [2.45, 2.75) is 0 Å². The first kappa shape index (κ1) is 16.7. The van der Waals surface area contributed by atoms with Gasteiger partial charge in [0.1, 0.15) is 0 Å². The Hall–Kier alpha value is -3.32. The quantitative estimate of drug-likeness (QED) is 0.610. The molecule has 0 amide bonds. The Balaban J connectivity index is 0.000000224. The van der Waals surface area contributed by atoms with E-state index in [9.17, 15) is 9.59 Å². The van der Waals surface area contributed by atoms with E-state index in [1.54, 1.807) is 24.3 Å². The van der Waals surface area contributed by atoms with Crippen LogP contribution in [0, 0.1) is 0 Å².